The number of hydrogen-bond donors (Lipinski definition) is 1. The summed E-state index contributed by atoms with van der Waals surface area (Å²) in [5.74, 6) is 0.736. The molecule has 0 amide bonds. The fourth-order valence-electron chi connectivity index (χ4n) is 2.03. The average molecular weight is 214 g/mol. The van der Waals surface area contributed by atoms with Gasteiger partial charge < -0.3 is 15.0 Å². The molecular weight excluding hydrogens is 188 g/mol. The van der Waals surface area contributed by atoms with Gasteiger partial charge in [0, 0.05) is 45.4 Å². The fraction of sp³-hybridized carbons (Fsp3) is 1.00. The lowest BCUT2D eigenvalue weighted by atomic mass is 10.0. The Balaban J connectivity index is 2.13. The standard InChI is InChI=1S/C12H26N2O/c1-4-15-9-5-7-14-8-6-13-12(10-14)11(2)3/h11-13H,4-10H2,1-3H3. The van der Waals surface area contributed by atoms with Crippen molar-refractivity contribution in [3.05, 3.63) is 0 Å². The molecule has 0 spiro atoms. The SMILES string of the molecule is CCOCCCN1CCNC(C(C)C)C1. The molecule has 1 heterocycles. The van der Waals surface area contributed by atoms with E-state index in [1.165, 1.54) is 26.1 Å². The summed E-state index contributed by atoms with van der Waals surface area (Å²) in [6.07, 6.45) is 1.17. The Hall–Kier alpha value is -0.120. The van der Waals surface area contributed by atoms with Gasteiger partial charge in [-0.15, -0.1) is 0 Å². The molecule has 1 aliphatic rings. The van der Waals surface area contributed by atoms with Crippen molar-refractivity contribution < 1.29 is 4.74 Å². The Kier molecular flexibility index (Phi) is 6.22. The van der Waals surface area contributed by atoms with Crippen LogP contribution in [0.15, 0.2) is 0 Å². The number of nitrogens with zero attached hydrogens (tertiary/aromatic N) is 1. The van der Waals surface area contributed by atoms with Crippen molar-refractivity contribution in [3.63, 3.8) is 0 Å². The van der Waals surface area contributed by atoms with E-state index in [1.807, 2.05) is 0 Å². The summed E-state index contributed by atoms with van der Waals surface area (Å²) in [5, 5.41) is 3.58. The highest BCUT2D eigenvalue weighted by molar-refractivity contribution is 4.80. The van der Waals surface area contributed by atoms with Gasteiger partial charge in [0.05, 0.1) is 0 Å². The van der Waals surface area contributed by atoms with Crippen LogP contribution >= 0.6 is 0 Å². The van der Waals surface area contributed by atoms with E-state index in [0.29, 0.717) is 6.04 Å². The lowest BCUT2D eigenvalue weighted by molar-refractivity contribution is 0.119. The molecular formula is C12H26N2O. The van der Waals surface area contributed by atoms with E-state index in [1.54, 1.807) is 0 Å². The normalized spacial score (nSPS) is 23.6. The molecule has 1 saturated heterocycles. The zero-order valence-electron chi connectivity index (χ0n) is 10.5. The maximum absolute atomic E-state index is 5.36. The molecule has 15 heavy (non-hydrogen) atoms. The quantitative estimate of drug-likeness (QED) is 0.675. The topological polar surface area (TPSA) is 24.5 Å². The van der Waals surface area contributed by atoms with Crippen molar-refractivity contribution in [2.24, 2.45) is 5.92 Å². The fourth-order valence-corrected chi connectivity index (χ4v) is 2.03. The Morgan fingerprint density at radius 3 is 2.93 bits per heavy atom. The summed E-state index contributed by atoms with van der Waals surface area (Å²) in [6.45, 7) is 13.1. The van der Waals surface area contributed by atoms with Crippen LogP contribution in [0.2, 0.25) is 0 Å². The second kappa shape index (κ2) is 7.20. The molecule has 0 radical (unpaired) electrons. The van der Waals surface area contributed by atoms with Gasteiger partial charge >= 0.3 is 0 Å². The molecule has 0 bridgehead atoms. The minimum Gasteiger partial charge on any atom is -0.382 e. The minimum atomic E-state index is 0.672. The largest absolute Gasteiger partial charge is 0.382 e. The molecule has 1 unspecified atom stereocenters. The van der Waals surface area contributed by atoms with Crippen LogP contribution in [-0.2, 0) is 4.74 Å². The highest BCUT2D eigenvalue weighted by Gasteiger charge is 2.20. The van der Waals surface area contributed by atoms with Crippen LogP contribution in [0.25, 0.3) is 0 Å². The van der Waals surface area contributed by atoms with E-state index in [-0.39, 0.29) is 0 Å². The zero-order chi connectivity index (χ0) is 11.1. The van der Waals surface area contributed by atoms with Crippen LogP contribution in [0.5, 0.6) is 0 Å². The third kappa shape index (κ3) is 4.96. The van der Waals surface area contributed by atoms with E-state index in [0.717, 1.165) is 25.7 Å². The molecule has 1 aliphatic heterocycles. The van der Waals surface area contributed by atoms with Gasteiger partial charge in [0.15, 0.2) is 0 Å². The molecule has 90 valence electrons. The monoisotopic (exact) mass is 214 g/mol. The number of hydrogen-bond acceptors (Lipinski definition) is 3. The first-order valence-corrected chi connectivity index (χ1v) is 6.27. The molecule has 0 saturated carbocycles. The van der Waals surface area contributed by atoms with Crippen molar-refractivity contribution in [1.29, 1.82) is 0 Å². The summed E-state index contributed by atoms with van der Waals surface area (Å²) >= 11 is 0. The van der Waals surface area contributed by atoms with Gasteiger partial charge in [-0.2, -0.15) is 0 Å². The van der Waals surface area contributed by atoms with Gasteiger partial charge in [-0.3, -0.25) is 0 Å². The summed E-state index contributed by atoms with van der Waals surface area (Å²) in [4.78, 5) is 2.56. The molecule has 1 atom stereocenters. The maximum atomic E-state index is 5.36. The van der Waals surface area contributed by atoms with Crippen LogP contribution in [0.1, 0.15) is 27.2 Å². The highest BCUT2D eigenvalue weighted by Crippen LogP contribution is 2.08. The van der Waals surface area contributed by atoms with Crippen molar-refractivity contribution >= 4 is 0 Å². The van der Waals surface area contributed by atoms with Crippen LogP contribution in [0.4, 0.5) is 0 Å². The number of piperazine rings is 1. The van der Waals surface area contributed by atoms with Gasteiger partial charge in [0.2, 0.25) is 0 Å². The Morgan fingerprint density at radius 2 is 2.27 bits per heavy atom. The summed E-state index contributed by atoms with van der Waals surface area (Å²) < 4.78 is 5.36. The van der Waals surface area contributed by atoms with Gasteiger partial charge in [0.25, 0.3) is 0 Å². The van der Waals surface area contributed by atoms with Gasteiger partial charge in [-0.1, -0.05) is 13.8 Å². The molecule has 0 aromatic rings. The summed E-state index contributed by atoms with van der Waals surface area (Å²) in [7, 11) is 0. The molecule has 3 heteroatoms. The Morgan fingerprint density at radius 1 is 1.47 bits per heavy atom. The third-order valence-electron chi connectivity index (χ3n) is 3.06. The van der Waals surface area contributed by atoms with Crippen molar-refractivity contribution in [3.8, 4) is 0 Å². The van der Waals surface area contributed by atoms with E-state index >= 15 is 0 Å². The summed E-state index contributed by atoms with van der Waals surface area (Å²) in [5.41, 5.74) is 0. The maximum Gasteiger partial charge on any atom is 0.0478 e. The second-order valence-electron chi connectivity index (χ2n) is 4.66. The number of rotatable bonds is 6. The van der Waals surface area contributed by atoms with Gasteiger partial charge in [0.1, 0.15) is 0 Å². The molecule has 0 aliphatic carbocycles. The van der Waals surface area contributed by atoms with E-state index in [4.69, 9.17) is 4.74 Å². The molecule has 0 aromatic heterocycles. The number of ether oxygens (including phenoxy) is 1. The van der Waals surface area contributed by atoms with E-state index in [9.17, 15) is 0 Å². The average Bonchev–Trinajstić information content (AvgIpc) is 2.25. The van der Waals surface area contributed by atoms with Crippen LogP contribution in [-0.4, -0.2) is 50.3 Å². The lowest BCUT2D eigenvalue weighted by Crippen LogP contribution is -2.53. The van der Waals surface area contributed by atoms with Crippen LogP contribution in [0.3, 0.4) is 0 Å². The first-order valence-electron chi connectivity index (χ1n) is 6.27. The van der Waals surface area contributed by atoms with Gasteiger partial charge in [-0.25, -0.2) is 0 Å². The first kappa shape index (κ1) is 12.9. The molecule has 1 rings (SSSR count). The molecule has 0 aromatic carbocycles. The van der Waals surface area contributed by atoms with Crippen molar-refractivity contribution in [2.75, 3.05) is 39.4 Å². The minimum absolute atomic E-state index is 0.672. The lowest BCUT2D eigenvalue weighted by Gasteiger charge is -2.35. The van der Waals surface area contributed by atoms with Gasteiger partial charge in [-0.05, 0) is 19.3 Å². The van der Waals surface area contributed by atoms with Crippen LogP contribution < -0.4 is 5.32 Å². The Labute approximate surface area is 94.2 Å². The Bertz CT molecular complexity index is 162. The second-order valence-corrected chi connectivity index (χ2v) is 4.66. The zero-order valence-corrected chi connectivity index (χ0v) is 10.5. The molecule has 1 fully saturated rings. The van der Waals surface area contributed by atoms with E-state index in [2.05, 4.69) is 31.0 Å². The van der Waals surface area contributed by atoms with Crippen LogP contribution in [0, 0.1) is 5.92 Å². The third-order valence-corrected chi connectivity index (χ3v) is 3.06. The van der Waals surface area contributed by atoms with E-state index < -0.39 is 0 Å². The predicted molar refractivity (Wildman–Crippen MR) is 64.2 cm³/mol. The first-order chi connectivity index (χ1) is 7.24. The predicted octanol–water partition coefficient (Wildman–Crippen LogP) is 1.34. The smallest absolute Gasteiger partial charge is 0.0478 e. The van der Waals surface area contributed by atoms with Crippen molar-refractivity contribution in [1.82, 2.24) is 10.2 Å². The summed E-state index contributed by atoms with van der Waals surface area (Å²) in [6, 6.07) is 0.672. The molecule has 1 N–H and O–H groups in total. The van der Waals surface area contributed by atoms with Crippen molar-refractivity contribution in [2.45, 2.75) is 33.2 Å². The number of nitrogens with one attached hydrogen (secondary N) is 1. The molecule has 3 nitrogen and oxygen atoms in total. The highest BCUT2D eigenvalue weighted by atomic mass is 16.5.